The van der Waals surface area contributed by atoms with Crippen LogP contribution >= 0.6 is 35.0 Å². The molecule has 1 saturated heterocycles. The van der Waals surface area contributed by atoms with Gasteiger partial charge in [-0.15, -0.1) is 0 Å². The maximum atomic E-state index is 12.6. The van der Waals surface area contributed by atoms with Crippen LogP contribution in [0.5, 0.6) is 0 Å². The van der Waals surface area contributed by atoms with Crippen LogP contribution < -0.4 is 5.32 Å². The Balaban J connectivity index is 1.15. The number of hydrogen-bond acceptors (Lipinski definition) is 6. The summed E-state index contributed by atoms with van der Waals surface area (Å²) in [6.07, 6.45) is 1.66. The Labute approximate surface area is 233 Å². The number of rotatable bonds is 9. The van der Waals surface area contributed by atoms with Gasteiger partial charge in [-0.05, 0) is 54.6 Å². The Morgan fingerprint density at radius 1 is 1.11 bits per heavy atom. The number of carbonyl (C=O) groups excluding carboxylic acids is 1. The lowest BCUT2D eigenvalue weighted by Crippen LogP contribution is -2.40. The Bertz CT molecular complexity index is 1190. The van der Waals surface area contributed by atoms with E-state index in [1.807, 2.05) is 30.3 Å². The fraction of sp³-hybridized carbons (Fsp3) is 0.464. The average Bonchev–Trinajstić information content (AvgIpc) is 3.34. The molecule has 1 aromatic heterocycles. The van der Waals surface area contributed by atoms with Gasteiger partial charge in [-0.2, -0.15) is 16.7 Å². The lowest BCUT2D eigenvalue weighted by atomic mass is 9.87. The van der Waals surface area contributed by atoms with Crippen LogP contribution in [0.3, 0.4) is 0 Å². The van der Waals surface area contributed by atoms with Gasteiger partial charge in [0.2, 0.25) is 17.6 Å². The summed E-state index contributed by atoms with van der Waals surface area (Å²) in [5, 5.41) is 8.40. The van der Waals surface area contributed by atoms with Crippen molar-refractivity contribution < 1.29 is 9.32 Å². The highest BCUT2D eigenvalue weighted by molar-refractivity contribution is 7.98. The molecule has 1 aliphatic heterocycles. The van der Waals surface area contributed by atoms with Gasteiger partial charge in [0, 0.05) is 29.5 Å². The van der Waals surface area contributed by atoms with E-state index in [1.165, 1.54) is 5.56 Å². The van der Waals surface area contributed by atoms with Gasteiger partial charge < -0.3 is 9.84 Å². The molecule has 37 heavy (non-hydrogen) atoms. The van der Waals surface area contributed by atoms with Crippen LogP contribution in [0.25, 0.3) is 11.4 Å². The summed E-state index contributed by atoms with van der Waals surface area (Å²) in [5.41, 5.74) is 3.46. The van der Waals surface area contributed by atoms with Crippen molar-refractivity contribution in [3.05, 3.63) is 69.5 Å². The molecule has 2 aromatic carbocycles. The highest BCUT2D eigenvalue weighted by Crippen LogP contribution is 2.26. The first kappa shape index (κ1) is 28.0. The van der Waals surface area contributed by atoms with Gasteiger partial charge in [0.25, 0.3) is 0 Å². The number of likely N-dealkylation sites (tertiary alicyclic amines) is 1. The average molecular weight is 562 g/mol. The molecule has 1 amide bonds. The van der Waals surface area contributed by atoms with E-state index in [2.05, 4.69) is 53.3 Å². The van der Waals surface area contributed by atoms with E-state index in [1.54, 1.807) is 11.8 Å². The molecule has 0 unspecified atom stereocenters. The first-order chi connectivity index (χ1) is 17.7. The number of amides is 1. The Morgan fingerprint density at radius 3 is 2.51 bits per heavy atom. The molecule has 4 rings (SSSR count). The molecular formula is C28H34Cl2N4O2S. The van der Waals surface area contributed by atoms with Crippen molar-refractivity contribution in [2.75, 3.05) is 25.4 Å². The van der Waals surface area contributed by atoms with Crippen LogP contribution in [0.15, 0.2) is 47.0 Å². The first-order valence-electron chi connectivity index (χ1n) is 12.6. The largest absolute Gasteiger partial charge is 0.355 e. The summed E-state index contributed by atoms with van der Waals surface area (Å²) in [7, 11) is 0. The third-order valence-corrected chi connectivity index (χ3v) is 8.36. The summed E-state index contributed by atoms with van der Waals surface area (Å²) in [6.45, 7) is 9.52. The van der Waals surface area contributed by atoms with Crippen LogP contribution in [0.4, 0.5) is 0 Å². The minimum Gasteiger partial charge on any atom is -0.355 e. The minimum absolute atomic E-state index is 0.0518. The Kier molecular flexibility index (Phi) is 9.57. The molecule has 0 saturated carbocycles. The second kappa shape index (κ2) is 12.7. The molecule has 9 heteroatoms. The molecule has 1 aliphatic rings. The number of nitrogens with zero attached hydrogens (tertiary/aromatic N) is 3. The van der Waals surface area contributed by atoms with Gasteiger partial charge in [-0.1, -0.05) is 79.5 Å². The maximum absolute atomic E-state index is 12.6. The smallest absolute Gasteiger partial charge is 0.241 e. The first-order valence-corrected chi connectivity index (χ1v) is 14.6. The third-order valence-electron chi connectivity index (χ3n) is 6.59. The van der Waals surface area contributed by atoms with Crippen molar-refractivity contribution in [2.24, 2.45) is 5.92 Å². The van der Waals surface area contributed by atoms with Crippen LogP contribution in [0, 0.1) is 5.92 Å². The number of halogens is 2. The van der Waals surface area contributed by atoms with E-state index in [4.69, 9.17) is 27.7 Å². The monoisotopic (exact) mass is 560 g/mol. The van der Waals surface area contributed by atoms with E-state index in [-0.39, 0.29) is 17.2 Å². The van der Waals surface area contributed by atoms with Crippen LogP contribution in [0.2, 0.25) is 10.0 Å². The highest BCUT2D eigenvalue weighted by Gasteiger charge is 2.26. The number of hydrogen-bond donors (Lipinski definition) is 1. The number of carbonyl (C=O) groups is 1. The van der Waals surface area contributed by atoms with Crippen LogP contribution in [-0.2, 0) is 22.5 Å². The van der Waals surface area contributed by atoms with Crippen molar-refractivity contribution in [1.29, 1.82) is 0 Å². The van der Waals surface area contributed by atoms with Gasteiger partial charge in [0.05, 0.1) is 16.6 Å². The van der Waals surface area contributed by atoms with E-state index >= 15 is 0 Å². The highest BCUT2D eigenvalue weighted by atomic mass is 35.5. The Morgan fingerprint density at radius 2 is 1.84 bits per heavy atom. The standard InChI is InChI=1S/C28H34Cl2N4O2S/c1-28(2,3)22-7-5-20(6-8-22)26-32-25(36-33-26)17-34-13-10-21(11-14-34)27(35)31-12-15-37-18-19-4-9-23(29)24(30)16-19/h4-9,16,21H,10-15,17-18H2,1-3H3,(H,31,35). The number of nitrogens with one attached hydrogen (secondary N) is 1. The summed E-state index contributed by atoms with van der Waals surface area (Å²) in [4.78, 5) is 19.5. The second-order valence-corrected chi connectivity index (χ2v) is 12.4. The summed E-state index contributed by atoms with van der Waals surface area (Å²) < 4.78 is 5.52. The lowest BCUT2D eigenvalue weighted by Gasteiger charge is -2.30. The molecule has 198 valence electrons. The van der Waals surface area contributed by atoms with Gasteiger partial charge >= 0.3 is 0 Å². The lowest BCUT2D eigenvalue weighted by molar-refractivity contribution is -0.126. The van der Waals surface area contributed by atoms with E-state index in [0.717, 1.165) is 48.6 Å². The Hall–Kier alpha value is -2.06. The summed E-state index contributed by atoms with van der Waals surface area (Å²) in [5.74, 6) is 3.11. The topological polar surface area (TPSA) is 71.3 Å². The van der Waals surface area contributed by atoms with Gasteiger partial charge in [0.1, 0.15) is 0 Å². The zero-order chi connectivity index (χ0) is 26.4. The van der Waals surface area contributed by atoms with Crippen LogP contribution in [-0.4, -0.2) is 46.3 Å². The van der Waals surface area contributed by atoms with Crippen molar-refractivity contribution in [2.45, 2.75) is 51.3 Å². The van der Waals surface area contributed by atoms with Gasteiger partial charge in [-0.3, -0.25) is 9.69 Å². The second-order valence-electron chi connectivity index (χ2n) is 10.5. The predicted octanol–water partition coefficient (Wildman–Crippen LogP) is 6.60. The molecule has 0 bridgehead atoms. The third kappa shape index (κ3) is 7.96. The molecule has 2 heterocycles. The zero-order valence-corrected chi connectivity index (χ0v) is 23.9. The fourth-order valence-corrected chi connectivity index (χ4v) is 5.44. The van der Waals surface area contributed by atoms with E-state index < -0.39 is 0 Å². The van der Waals surface area contributed by atoms with E-state index in [9.17, 15) is 4.79 Å². The van der Waals surface area contributed by atoms with Crippen LogP contribution in [0.1, 0.15) is 50.6 Å². The van der Waals surface area contributed by atoms with Crippen molar-refractivity contribution in [3.63, 3.8) is 0 Å². The fourth-order valence-electron chi connectivity index (χ4n) is 4.31. The SMILES string of the molecule is CC(C)(C)c1ccc(-c2noc(CN3CCC(C(=O)NCCSCc4ccc(Cl)c(Cl)c4)CC3)n2)cc1. The molecule has 3 aromatic rings. The van der Waals surface area contributed by atoms with Gasteiger partial charge in [-0.25, -0.2) is 0 Å². The minimum atomic E-state index is 0.0518. The molecule has 1 fully saturated rings. The quantitative estimate of drug-likeness (QED) is 0.297. The normalized spacial score (nSPS) is 15.2. The molecule has 0 radical (unpaired) electrons. The number of aromatic nitrogens is 2. The van der Waals surface area contributed by atoms with Crippen molar-refractivity contribution in [1.82, 2.24) is 20.4 Å². The predicted molar refractivity (Wildman–Crippen MR) is 152 cm³/mol. The molecule has 6 nitrogen and oxygen atoms in total. The molecular weight excluding hydrogens is 527 g/mol. The van der Waals surface area contributed by atoms with E-state index in [0.29, 0.717) is 34.8 Å². The number of piperidine rings is 1. The summed E-state index contributed by atoms with van der Waals surface area (Å²) >= 11 is 13.8. The van der Waals surface area contributed by atoms with Crippen molar-refractivity contribution in [3.8, 4) is 11.4 Å². The summed E-state index contributed by atoms with van der Waals surface area (Å²) in [6, 6.07) is 14.0. The zero-order valence-electron chi connectivity index (χ0n) is 21.6. The molecule has 0 aliphatic carbocycles. The number of benzene rings is 2. The van der Waals surface area contributed by atoms with Gasteiger partial charge in [0.15, 0.2) is 0 Å². The maximum Gasteiger partial charge on any atom is 0.241 e. The molecule has 0 spiro atoms. The van der Waals surface area contributed by atoms with Crippen molar-refractivity contribution >= 4 is 40.9 Å². The molecule has 1 N–H and O–H groups in total. The molecule has 0 atom stereocenters. The number of thioether (sulfide) groups is 1.